The Hall–Kier alpha value is -2.12. The van der Waals surface area contributed by atoms with Crippen molar-refractivity contribution in [3.8, 4) is 0 Å². The van der Waals surface area contributed by atoms with Crippen molar-refractivity contribution in [2.75, 3.05) is 54.6 Å². The van der Waals surface area contributed by atoms with E-state index in [0.717, 1.165) is 24.5 Å². The van der Waals surface area contributed by atoms with Crippen LogP contribution in [-0.2, 0) is 16.0 Å². The van der Waals surface area contributed by atoms with Gasteiger partial charge in [0.05, 0.1) is 13.2 Å². The zero-order valence-electron chi connectivity index (χ0n) is 15.7. The first-order chi connectivity index (χ1) is 12.1. The van der Waals surface area contributed by atoms with Gasteiger partial charge in [0, 0.05) is 53.5 Å². The lowest BCUT2D eigenvalue weighted by Crippen LogP contribution is -2.37. The summed E-state index contributed by atoms with van der Waals surface area (Å²) in [7, 11) is 6.89. The van der Waals surface area contributed by atoms with Gasteiger partial charge >= 0.3 is 0 Å². The Morgan fingerprint density at radius 2 is 1.84 bits per heavy atom. The highest BCUT2D eigenvalue weighted by atomic mass is 16.5. The second kappa shape index (κ2) is 12.3. The fraction of sp³-hybridized carbons (Fsp3) is 0.556. The number of nitrogens with one attached hydrogen (secondary N) is 2. The van der Waals surface area contributed by atoms with Crippen LogP contribution in [0, 0.1) is 0 Å². The number of amides is 1. The average Bonchev–Trinajstić information content (AvgIpc) is 2.63. The molecular formula is C18H30N4O3. The summed E-state index contributed by atoms with van der Waals surface area (Å²) in [5.74, 6) is 0.745. The molecule has 7 heteroatoms. The Morgan fingerprint density at radius 3 is 2.44 bits per heavy atom. The maximum Gasteiger partial charge on any atom is 0.253 e. The van der Waals surface area contributed by atoms with Crippen LogP contribution in [0.2, 0.25) is 0 Å². The lowest BCUT2D eigenvalue weighted by atomic mass is 10.1. The van der Waals surface area contributed by atoms with Gasteiger partial charge in [0.25, 0.3) is 5.91 Å². The monoisotopic (exact) mass is 350 g/mol. The molecule has 0 saturated heterocycles. The maximum absolute atomic E-state index is 11.9. The topological polar surface area (TPSA) is 75.2 Å². The summed E-state index contributed by atoms with van der Waals surface area (Å²) in [5.41, 5.74) is 1.77. The molecule has 7 nitrogen and oxygen atoms in total. The minimum atomic E-state index is 0.00436. The maximum atomic E-state index is 11.9. The predicted octanol–water partition coefficient (Wildman–Crippen LogP) is 1.11. The third-order valence-electron chi connectivity index (χ3n) is 3.48. The molecule has 0 fully saturated rings. The van der Waals surface area contributed by atoms with Crippen LogP contribution in [-0.4, -0.2) is 71.4 Å². The van der Waals surface area contributed by atoms with Gasteiger partial charge in [-0.3, -0.25) is 9.79 Å². The first-order valence-electron chi connectivity index (χ1n) is 8.40. The standard InChI is InChI=1S/C18H30N4O3/c1-19-18(20-10-5-11-25-13-12-24-4)21-14-15-6-8-16(9-7-15)17(23)22(2)3/h6-9H,5,10-14H2,1-4H3,(H2,19,20,21). The van der Waals surface area contributed by atoms with Crippen molar-refractivity contribution < 1.29 is 14.3 Å². The first kappa shape index (κ1) is 20.9. The molecule has 0 saturated carbocycles. The summed E-state index contributed by atoms with van der Waals surface area (Å²) < 4.78 is 10.3. The van der Waals surface area contributed by atoms with Crippen LogP contribution in [0.5, 0.6) is 0 Å². The fourth-order valence-corrected chi connectivity index (χ4v) is 2.06. The summed E-state index contributed by atoms with van der Waals surface area (Å²) >= 11 is 0. The van der Waals surface area contributed by atoms with Gasteiger partial charge in [0.1, 0.15) is 0 Å². The largest absolute Gasteiger partial charge is 0.382 e. The molecule has 0 aromatic heterocycles. The Labute approximate surface area is 150 Å². The van der Waals surface area contributed by atoms with Crippen molar-refractivity contribution in [2.45, 2.75) is 13.0 Å². The number of carbonyl (C=O) groups is 1. The number of carbonyl (C=O) groups excluding carboxylic acids is 1. The lowest BCUT2D eigenvalue weighted by molar-refractivity contribution is 0.0698. The number of benzene rings is 1. The van der Waals surface area contributed by atoms with Crippen molar-refractivity contribution in [1.82, 2.24) is 15.5 Å². The van der Waals surface area contributed by atoms with Crippen molar-refractivity contribution in [1.29, 1.82) is 0 Å². The molecule has 25 heavy (non-hydrogen) atoms. The van der Waals surface area contributed by atoms with Crippen LogP contribution in [0.15, 0.2) is 29.3 Å². The van der Waals surface area contributed by atoms with Gasteiger partial charge in [-0.05, 0) is 24.1 Å². The van der Waals surface area contributed by atoms with E-state index >= 15 is 0 Å². The second-order valence-corrected chi connectivity index (χ2v) is 5.71. The zero-order chi connectivity index (χ0) is 18.5. The van der Waals surface area contributed by atoms with Crippen molar-refractivity contribution in [3.05, 3.63) is 35.4 Å². The molecule has 140 valence electrons. The summed E-state index contributed by atoms with van der Waals surface area (Å²) in [4.78, 5) is 17.6. The highest BCUT2D eigenvalue weighted by Crippen LogP contribution is 2.06. The highest BCUT2D eigenvalue weighted by molar-refractivity contribution is 5.93. The molecule has 0 unspecified atom stereocenters. The predicted molar refractivity (Wildman–Crippen MR) is 100.0 cm³/mol. The Balaban J connectivity index is 2.29. The molecule has 0 aliphatic rings. The van der Waals surface area contributed by atoms with Gasteiger partial charge in [-0.25, -0.2) is 0 Å². The highest BCUT2D eigenvalue weighted by Gasteiger charge is 2.07. The number of ether oxygens (including phenoxy) is 2. The lowest BCUT2D eigenvalue weighted by Gasteiger charge is -2.13. The Kier molecular flexibility index (Phi) is 10.3. The van der Waals surface area contributed by atoms with Crippen LogP contribution < -0.4 is 10.6 Å². The summed E-state index contributed by atoms with van der Waals surface area (Å²) in [5, 5.41) is 6.49. The SMILES string of the molecule is CN=C(NCCCOCCOC)NCc1ccc(C(=O)N(C)C)cc1. The molecular weight excluding hydrogens is 320 g/mol. The van der Waals surface area contributed by atoms with Crippen LogP contribution >= 0.6 is 0 Å². The van der Waals surface area contributed by atoms with E-state index in [1.165, 1.54) is 0 Å². The minimum Gasteiger partial charge on any atom is -0.382 e. The third-order valence-corrected chi connectivity index (χ3v) is 3.48. The number of rotatable bonds is 10. The van der Waals surface area contributed by atoms with Gasteiger partial charge in [-0.1, -0.05) is 12.1 Å². The number of guanidine groups is 1. The first-order valence-corrected chi connectivity index (χ1v) is 8.40. The molecule has 0 atom stereocenters. The normalized spacial score (nSPS) is 11.3. The third kappa shape index (κ3) is 8.51. The molecule has 0 bridgehead atoms. The molecule has 0 spiro atoms. The van der Waals surface area contributed by atoms with Gasteiger partial charge in [-0.15, -0.1) is 0 Å². The number of nitrogens with zero attached hydrogens (tertiary/aromatic N) is 2. The van der Waals surface area contributed by atoms with E-state index in [-0.39, 0.29) is 5.91 Å². The fourth-order valence-electron chi connectivity index (χ4n) is 2.06. The Morgan fingerprint density at radius 1 is 1.12 bits per heavy atom. The smallest absolute Gasteiger partial charge is 0.253 e. The van der Waals surface area contributed by atoms with E-state index in [9.17, 15) is 4.79 Å². The molecule has 1 aromatic rings. The van der Waals surface area contributed by atoms with Gasteiger partial charge in [0.2, 0.25) is 0 Å². The van der Waals surface area contributed by atoms with Gasteiger partial charge in [-0.2, -0.15) is 0 Å². The molecule has 1 amide bonds. The van der Waals surface area contributed by atoms with Gasteiger partial charge < -0.3 is 25.0 Å². The number of aliphatic imine (C=N–C) groups is 1. The van der Waals surface area contributed by atoms with Crippen molar-refractivity contribution in [2.24, 2.45) is 4.99 Å². The second-order valence-electron chi connectivity index (χ2n) is 5.71. The molecule has 1 rings (SSSR count). The number of methoxy groups -OCH3 is 1. The van der Waals surface area contributed by atoms with Crippen LogP contribution in [0.25, 0.3) is 0 Å². The summed E-state index contributed by atoms with van der Waals surface area (Å²) in [6.45, 7) is 3.35. The van der Waals surface area contributed by atoms with Crippen LogP contribution in [0.4, 0.5) is 0 Å². The van der Waals surface area contributed by atoms with E-state index in [2.05, 4.69) is 15.6 Å². The molecule has 0 heterocycles. The summed E-state index contributed by atoms with van der Waals surface area (Å²) in [6, 6.07) is 7.57. The quantitative estimate of drug-likeness (QED) is 0.376. The molecule has 0 radical (unpaired) electrons. The van der Waals surface area contributed by atoms with E-state index < -0.39 is 0 Å². The number of hydrogen-bond acceptors (Lipinski definition) is 4. The van der Waals surface area contributed by atoms with Crippen LogP contribution in [0.1, 0.15) is 22.3 Å². The van der Waals surface area contributed by atoms with E-state index in [0.29, 0.717) is 31.9 Å². The molecule has 1 aromatic carbocycles. The molecule has 0 aliphatic carbocycles. The molecule has 0 aliphatic heterocycles. The van der Waals surface area contributed by atoms with Crippen molar-refractivity contribution in [3.63, 3.8) is 0 Å². The number of hydrogen-bond donors (Lipinski definition) is 2. The molecule has 2 N–H and O–H groups in total. The van der Waals surface area contributed by atoms with Crippen LogP contribution in [0.3, 0.4) is 0 Å². The van der Waals surface area contributed by atoms with E-state index in [1.807, 2.05) is 24.3 Å². The summed E-state index contributed by atoms with van der Waals surface area (Å²) in [6.07, 6.45) is 0.895. The zero-order valence-corrected chi connectivity index (χ0v) is 15.7. The van der Waals surface area contributed by atoms with Crippen molar-refractivity contribution >= 4 is 11.9 Å². The average molecular weight is 350 g/mol. The Bertz CT molecular complexity index is 530. The minimum absolute atomic E-state index is 0.00436. The van der Waals surface area contributed by atoms with E-state index in [4.69, 9.17) is 9.47 Å². The van der Waals surface area contributed by atoms with E-state index in [1.54, 1.807) is 33.2 Å². The van der Waals surface area contributed by atoms with Gasteiger partial charge in [0.15, 0.2) is 5.96 Å².